The smallest absolute Gasteiger partial charge is 0.239 e. The first-order chi connectivity index (χ1) is 10.6. The molecule has 1 aromatic rings. The van der Waals surface area contributed by atoms with Gasteiger partial charge in [-0.2, -0.15) is 0 Å². The number of hydrogen-bond acceptors (Lipinski definition) is 4. The molecule has 2 rings (SSSR count). The summed E-state index contributed by atoms with van der Waals surface area (Å²) < 4.78 is 0. The fourth-order valence-corrected chi connectivity index (χ4v) is 2.59. The third-order valence-corrected chi connectivity index (χ3v) is 3.85. The summed E-state index contributed by atoms with van der Waals surface area (Å²) in [5, 5.41) is 5.34. The summed E-state index contributed by atoms with van der Waals surface area (Å²) in [6.07, 6.45) is 2.47. The van der Waals surface area contributed by atoms with Gasteiger partial charge in [-0.05, 0) is 37.5 Å². The number of anilines is 1. The number of benzene rings is 1. The van der Waals surface area contributed by atoms with Gasteiger partial charge in [0.25, 0.3) is 0 Å². The van der Waals surface area contributed by atoms with Crippen molar-refractivity contribution in [2.24, 2.45) is 5.73 Å². The Morgan fingerprint density at radius 3 is 2.50 bits per heavy atom. The van der Waals surface area contributed by atoms with Gasteiger partial charge in [0.2, 0.25) is 11.8 Å². The second kappa shape index (κ2) is 11.1. The highest BCUT2D eigenvalue weighted by Gasteiger charge is 2.15. The van der Waals surface area contributed by atoms with Crippen LogP contribution in [0.1, 0.15) is 31.4 Å². The first kappa shape index (κ1) is 22.5. The van der Waals surface area contributed by atoms with Crippen molar-refractivity contribution >= 4 is 42.3 Å². The van der Waals surface area contributed by atoms with E-state index in [0.717, 1.165) is 18.7 Å². The fraction of sp³-hybridized carbons (Fsp3) is 0.500. The number of carbonyl (C=O) groups is 2. The second-order valence-electron chi connectivity index (χ2n) is 5.56. The number of nitrogens with zero attached hydrogens (tertiary/aromatic N) is 1. The molecule has 4 N–H and O–H groups in total. The largest absolute Gasteiger partial charge is 0.372 e. The standard InChI is InChI=1S/C16H24N4O2.2ClH/c1-12(19-16(22)11-18-15(21)10-17)13-5-4-6-14(9-13)20-7-2-3-8-20;;/h4-6,9,12H,2-3,7-8,10-11,17H2,1H3,(H,18,21)(H,19,22);2*1H. The zero-order chi connectivity index (χ0) is 15.9. The highest BCUT2D eigenvalue weighted by atomic mass is 35.5. The molecule has 136 valence electrons. The number of nitrogens with two attached hydrogens (primary N) is 1. The molecule has 1 aliphatic rings. The van der Waals surface area contributed by atoms with E-state index in [1.54, 1.807) is 0 Å². The molecule has 0 aromatic heterocycles. The van der Waals surface area contributed by atoms with Crippen molar-refractivity contribution in [3.63, 3.8) is 0 Å². The Morgan fingerprint density at radius 1 is 1.21 bits per heavy atom. The molecule has 1 heterocycles. The first-order valence-electron chi connectivity index (χ1n) is 7.71. The topological polar surface area (TPSA) is 87.5 Å². The Morgan fingerprint density at radius 2 is 1.88 bits per heavy atom. The van der Waals surface area contributed by atoms with Crippen molar-refractivity contribution in [1.29, 1.82) is 0 Å². The molecule has 1 atom stereocenters. The van der Waals surface area contributed by atoms with Crippen LogP contribution in [0, 0.1) is 0 Å². The van der Waals surface area contributed by atoms with Crippen molar-refractivity contribution in [2.75, 3.05) is 31.1 Å². The van der Waals surface area contributed by atoms with Crippen LogP contribution >= 0.6 is 24.8 Å². The molecule has 0 saturated carbocycles. The third kappa shape index (κ3) is 6.55. The van der Waals surface area contributed by atoms with Gasteiger partial charge in [-0.15, -0.1) is 24.8 Å². The van der Waals surface area contributed by atoms with Crippen molar-refractivity contribution in [1.82, 2.24) is 10.6 Å². The van der Waals surface area contributed by atoms with E-state index in [1.807, 2.05) is 19.1 Å². The summed E-state index contributed by atoms with van der Waals surface area (Å²) in [7, 11) is 0. The highest BCUT2D eigenvalue weighted by molar-refractivity contribution is 5.86. The molecule has 1 aliphatic heterocycles. The molecule has 1 unspecified atom stereocenters. The maximum atomic E-state index is 11.8. The summed E-state index contributed by atoms with van der Waals surface area (Å²) in [6, 6.07) is 8.13. The Labute approximate surface area is 155 Å². The van der Waals surface area contributed by atoms with Crippen molar-refractivity contribution < 1.29 is 9.59 Å². The van der Waals surface area contributed by atoms with Crippen LogP contribution in [0.2, 0.25) is 0 Å². The van der Waals surface area contributed by atoms with Gasteiger partial charge < -0.3 is 21.3 Å². The number of nitrogens with one attached hydrogen (secondary N) is 2. The Hall–Kier alpha value is -1.50. The highest BCUT2D eigenvalue weighted by Crippen LogP contribution is 2.23. The van der Waals surface area contributed by atoms with Crippen LogP contribution in [-0.4, -0.2) is 38.0 Å². The van der Waals surface area contributed by atoms with Crippen LogP contribution in [-0.2, 0) is 9.59 Å². The predicted molar refractivity (Wildman–Crippen MR) is 101 cm³/mol. The molecule has 8 heteroatoms. The Bertz CT molecular complexity index is 537. The lowest BCUT2D eigenvalue weighted by Gasteiger charge is -2.20. The number of halogens is 2. The summed E-state index contributed by atoms with van der Waals surface area (Å²) in [5.74, 6) is -0.556. The van der Waals surface area contributed by atoms with Gasteiger partial charge in [-0.1, -0.05) is 12.1 Å². The normalized spacial score (nSPS) is 14.2. The Balaban J connectivity index is 0.00000264. The Kier molecular flexibility index (Phi) is 10.4. The summed E-state index contributed by atoms with van der Waals surface area (Å²) in [4.78, 5) is 25.2. The van der Waals surface area contributed by atoms with Crippen LogP contribution < -0.4 is 21.3 Å². The van der Waals surface area contributed by atoms with Gasteiger partial charge in [-0.25, -0.2) is 0 Å². The number of amides is 2. The summed E-state index contributed by atoms with van der Waals surface area (Å²) in [6.45, 7) is 3.96. The van der Waals surface area contributed by atoms with E-state index in [2.05, 4.69) is 27.7 Å². The minimum Gasteiger partial charge on any atom is -0.372 e. The lowest BCUT2D eigenvalue weighted by Crippen LogP contribution is -2.40. The van der Waals surface area contributed by atoms with Crippen molar-refractivity contribution in [3.05, 3.63) is 29.8 Å². The average Bonchev–Trinajstić information content (AvgIpc) is 3.07. The molecule has 6 nitrogen and oxygen atoms in total. The van der Waals surface area contributed by atoms with Crippen LogP contribution in [0.4, 0.5) is 5.69 Å². The van der Waals surface area contributed by atoms with E-state index in [9.17, 15) is 9.59 Å². The number of carbonyl (C=O) groups excluding carboxylic acids is 2. The second-order valence-corrected chi connectivity index (χ2v) is 5.56. The zero-order valence-corrected chi connectivity index (χ0v) is 15.4. The molecule has 1 aromatic carbocycles. The van der Waals surface area contributed by atoms with Crippen LogP contribution in [0.5, 0.6) is 0 Å². The maximum absolute atomic E-state index is 11.8. The first-order valence-corrected chi connectivity index (χ1v) is 7.71. The molecule has 0 aliphatic carbocycles. The minimum atomic E-state index is -0.334. The molecule has 0 spiro atoms. The zero-order valence-electron chi connectivity index (χ0n) is 13.8. The van der Waals surface area contributed by atoms with Gasteiger partial charge in [0.15, 0.2) is 0 Å². The molecule has 2 amide bonds. The lowest BCUT2D eigenvalue weighted by molar-refractivity contribution is -0.125. The average molecular weight is 377 g/mol. The maximum Gasteiger partial charge on any atom is 0.239 e. The minimum absolute atomic E-state index is 0. The van der Waals surface area contributed by atoms with Gasteiger partial charge >= 0.3 is 0 Å². The van der Waals surface area contributed by atoms with Gasteiger partial charge in [0, 0.05) is 18.8 Å². The molecular weight excluding hydrogens is 351 g/mol. The number of hydrogen-bond donors (Lipinski definition) is 3. The molecule has 1 saturated heterocycles. The van der Waals surface area contributed by atoms with E-state index in [0.29, 0.717) is 0 Å². The quantitative estimate of drug-likeness (QED) is 0.699. The van der Waals surface area contributed by atoms with E-state index in [4.69, 9.17) is 5.73 Å². The van der Waals surface area contributed by atoms with Gasteiger partial charge in [-0.3, -0.25) is 9.59 Å². The molecule has 24 heavy (non-hydrogen) atoms. The van der Waals surface area contributed by atoms with E-state index >= 15 is 0 Å². The third-order valence-electron chi connectivity index (χ3n) is 3.85. The van der Waals surface area contributed by atoms with Crippen molar-refractivity contribution in [2.45, 2.75) is 25.8 Å². The SMILES string of the molecule is CC(NC(=O)CNC(=O)CN)c1cccc(N2CCCC2)c1.Cl.Cl. The molecule has 0 radical (unpaired) electrons. The molecule has 1 fully saturated rings. The van der Waals surface area contributed by atoms with Crippen LogP contribution in [0.3, 0.4) is 0 Å². The molecule has 0 bridgehead atoms. The van der Waals surface area contributed by atoms with E-state index in [-0.39, 0.29) is 55.8 Å². The van der Waals surface area contributed by atoms with E-state index in [1.165, 1.54) is 18.5 Å². The van der Waals surface area contributed by atoms with E-state index < -0.39 is 0 Å². The van der Waals surface area contributed by atoms with Crippen LogP contribution in [0.15, 0.2) is 24.3 Å². The van der Waals surface area contributed by atoms with Crippen molar-refractivity contribution in [3.8, 4) is 0 Å². The summed E-state index contributed by atoms with van der Waals surface area (Å²) >= 11 is 0. The lowest BCUT2D eigenvalue weighted by atomic mass is 10.1. The fourth-order valence-electron chi connectivity index (χ4n) is 2.59. The monoisotopic (exact) mass is 376 g/mol. The van der Waals surface area contributed by atoms with Gasteiger partial charge in [0.1, 0.15) is 0 Å². The predicted octanol–water partition coefficient (Wildman–Crippen LogP) is 1.38. The summed E-state index contributed by atoms with van der Waals surface area (Å²) in [5.41, 5.74) is 7.44. The van der Waals surface area contributed by atoms with Crippen LogP contribution in [0.25, 0.3) is 0 Å². The number of rotatable bonds is 6. The van der Waals surface area contributed by atoms with Gasteiger partial charge in [0.05, 0.1) is 19.1 Å². The molecular formula is C16H26Cl2N4O2.